The number of nitrogens with zero attached hydrogens (tertiary/aromatic N) is 2. The second kappa shape index (κ2) is 5.30. The quantitative estimate of drug-likeness (QED) is 0.829. The lowest BCUT2D eigenvalue weighted by atomic mass is 9.92. The van der Waals surface area contributed by atoms with Gasteiger partial charge in [0.15, 0.2) is 0 Å². The number of anilines is 1. The Balaban J connectivity index is 2.87. The number of hydrogen-bond donors (Lipinski definition) is 1. The van der Waals surface area contributed by atoms with Crippen molar-refractivity contribution >= 4 is 5.69 Å². The fourth-order valence-corrected chi connectivity index (χ4v) is 1.77. The van der Waals surface area contributed by atoms with E-state index in [1.54, 1.807) is 0 Å². The summed E-state index contributed by atoms with van der Waals surface area (Å²) in [7, 11) is 0. The van der Waals surface area contributed by atoms with Gasteiger partial charge in [-0.15, -0.1) is 0 Å². The van der Waals surface area contributed by atoms with Crippen molar-refractivity contribution in [3.8, 4) is 0 Å². The van der Waals surface area contributed by atoms with Crippen molar-refractivity contribution < 1.29 is 0 Å². The zero-order chi connectivity index (χ0) is 12.2. The van der Waals surface area contributed by atoms with Gasteiger partial charge in [-0.1, -0.05) is 13.8 Å². The zero-order valence-corrected chi connectivity index (χ0v) is 10.8. The molecule has 3 nitrogen and oxygen atoms in total. The number of aromatic nitrogens is 1. The summed E-state index contributed by atoms with van der Waals surface area (Å²) in [6, 6.07) is 2.07. The standard InChI is InChI=1S/C13H23N3/c1-5-16(10-13(3,4)9-14)12-6-7-15-8-11(12)2/h6-8H,5,9-10,14H2,1-4H3. The molecule has 1 heterocycles. The molecule has 1 aromatic rings. The lowest BCUT2D eigenvalue weighted by Crippen LogP contribution is -2.39. The van der Waals surface area contributed by atoms with Gasteiger partial charge in [0.25, 0.3) is 0 Å². The van der Waals surface area contributed by atoms with Gasteiger partial charge in [0.05, 0.1) is 0 Å². The first-order valence-electron chi connectivity index (χ1n) is 5.86. The maximum Gasteiger partial charge on any atom is 0.0426 e. The highest BCUT2D eigenvalue weighted by molar-refractivity contribution is 5.51. The van der Waals surface area contributed by atoms with Gasteiger partial charge < -0.3 is 10.6 Å². The Morgan fingerprint density at radius 1 is 1.44 bits per heavy atom. The molecule has 0 saturated carbocycles. The molecule has 16 heavy (non-hydrogen) atoms. The average Bonchev–Trinajstić information content (AvgIpc) is 2.27. The van der Waals surface area contributed by atoms with Crippen LogP contribution >= 0.6 is 0 Å². The van der Waals surface area contributed by atoms with E-state index in [1.165, 1.54) is 11.3 Å². The van der Waals surface area contributed by atoms with Crippen LogP contribution in [0.25, 0.3) is 0 Å². The predicted molar refractivity (Wildman–Crippen MR) is 69.7 cm³/mol. The van der Waals surface area contributed by atoms with Crippen LogP contribution in [0.5, 0.6) is 0 Å². The van der Waals surface area contributed by atoms with Gasteiger partial charge in [-0.2, -0.15) is 0 Å². The molecule has 0 amide bonds. The van der Waals surface area contributed by atoms with Crippen molar-refractivity contribution in [2.75, 3.05) is 24.5 Å². The van der Waals surface area contributed by atoms with Gasteiger partial charge >= 0.3 is 0 Å². The molecular formula is C13H23N3. The van der Waals surface area contributed by atoms with E-state index in [1.807, 2.05) is 12.4 Å². The summed E-state index contributed by atoms with van der Waals surface area (Å²) < 4.78 is 0. The van der Waals surface area contributed by atoms with Gasteiger partial charge in [0.2, 0.25) is 0 Å². The average molecular weight is 221 g/mol. The van der Waals surface area contributed by atoms with E-state index in [2.05, 4.69) is 43.6 Å². The summed E-state index contributed by atoms with van der Waals surface area (Å²) in [5, 5.41) is 0. The fraction of sp³-hybridized carbons (Fsp3) is 0.615. The summed E-state index contributed by atoms with van der Waals surface area (Å²) in [5.74, 6) is 0. The first kappa shape index (κ1) is 13.0. The first-order valence-corrected chi connectivity index (χ1v) is 5.86. The van der Waals surface area contributed by atoms with Crippen LogP contribution in [0.4, 0.5) is 5.69 Å². The normalized spacial score (nSPS) is 11.6. The maximum absolute atomic E-state index is 5.79. The van der Waals surface area contributed by atoms with E-state index in [4.69, 9.17) is 5.73 Å². The van der Waals surface area contributed by atoms with Crippen molar-refractivity contribution in [2.45, 2.75) is 27.7 Å². The molecule has 0 aliphatic rings. The predicted octanol–water partition coefficient (Wildman–Crippen LogP) is 2.20. The van der Waals surface area contributed by atoms with Gasteiger partial charge in [0, 0.05) is 31.2 Å². The van der Waals surface area contributed by atoms with Crippen LogP contribution in [-0.4, -0.2) is 24.6 Å². The van der Waals surface area contributed by atoms with Gasteiger partial charge in [-0.05, 0) is 37.4 Å². The SMILES string of the molecule is CCN(CC(C)(C)CN)c1ccncc1C. The largest absolute Gasteiger partial charge is 0.371 e. The van der Waals surface area contributed by atoms with E-state index in [9.17, 15) is 0 Å². The number of nitrogens with two attached hydrogens (primary N) is 1. The number of rotatable bonds is 5. The monoisotopic (exact) mass is 221 g/mol. The molecule has 1 rings (SSSR count). The Bertz CT molecular complexity index is 334. The lowest BCUT2D eigenvalue weighted by Gasteiger charge is -2.33. The Kier molecular flexibility index (Phi) is 4.30. The second-order valence-corrected chi connectivity index (χ2v) is 5.04. The zero-order valence-electron chi connectivity index (χ0n) is 10.8. The van der Waals surface area contributed by atoms with E-state index in [0.29, 0.717) is 6.54 Å². The van der Waals surface area contributed by atoms with Crippen molar-refractivity contribution in [3.63, 3.8) is 0 Å². The summed E-state index contributed by atoms with van der Waals surface area (Å²) in [6.45, 7) is 11.3. The molecule has 3 heteroatoms. The van der Waals surface area contributed by atoms with Gasteiger partial charge in [0.1, 0.15) is 0 Å². The fourth-order valence-electron chi connectivity index (χ4n) is 1.77. The van der Waals surface area contributed by atoms with Gasteiger partial charge in [-0.3, -0.25) is 4.98 Å². The van der Waals surface area contributed by atoms with Crippen LogP contribution in [0.2, 0.25) is 0 Å². The molecule has 0 radical (unpaired) electrons. The summed E-state index contributed by atoms with van der Waals surface area (Å²) in [5.41, 5.74) is 8.41. The van der Waals surface area contributed by atoms with Crippen LogP contribution in [0.15, 0.2) is 18.5 Å². The Hall–Kier alpha value is -1.09. The smallest absolute Gasteiger partial charge is 0.0426 e. The molecule has 0 spiro atoms. The topological polar surface area (TPSA) is 42.1 Å². The second-order valence-electron chi connectivity index (χ2n) is 5.04. The highest BCUT2D eigenvalue weighted by atomic mass is 15.1. The summed E-state index contributed by atoms with van der Waals surface area (Å²) in [6.07, 6.45) is 3.76. The summed E-state index contributed by atoms with van der Waals surface area (Å²) >= 11 is 0. The highest BCUT2D eigenvalue weighted by Gasteiger charge is 2.20. The van der Waals surface area contributed by atoms with Crippen molar-refractivity contribution in [2.24, 2.45) is 11.1 Å². The van der Waals surface area contributed by atoms with E-state index in [0.717, 1.165) is 13.1 Å². The van der Waals surface area contributed by atoms with E-state index >= 15 is 0 Å². The van der Waals surface area contributed by atoms with Crippen LogP contribution in [0.3, 0.4) is 0 Å². The Morgan fingerprint density at radius 2 is 2.12 bits per heavy atom. The molecule has 90 valence electrons. The van der Waals surface area contributed by atoms with E-state index < -0.39 is 0 Å². The molecule has 0 bridgehead atoms. The molecule has 0 atom stereocenters. The molecule has 0 aliphatic heterocycles. The third-order valence-electron chi connectivity index (χ3n) is 2.88. The third-order valence-corrected chi connectivity index (χ3v) is 2.88. The molecule has 0 fully saturated rings. The molecular weight excluding hydrogens is 198 g/mol. The highest BCUT2D eigenvalue weighted by Crippen LogP contribution is 2.23. The third kappa shape index (κ3) is 3.20. The van der Waals surface area contributed by atoms with Crippen LogP contribution in [-0.2, 0) is 0 Å². The van der Waals surface area contributed by atoms with Crippen molar-refractivity contribution in [3.05, 3.63) is 24.0 Å². The minimum absolute atomic E-state index is 0.145. The number of pyridine rings is 1. The minimum atomic E-state index is 0.145. The molecule has 0 aromatic carbocycles. The van der Waals surface area contributed by atoms with Crippen LogP contribution in [0, 0.1) is 12.3 Å². The molecule has 0 aliphatic carbocycles. The lowest BCUT2D eigenvalue weighted by molar-refractivity contribution is 0.379. The molecule has 1 aromatic heterocycles. The van der Waals surface area contributed by atoms with Gasteiger partial charge in [-0.25, -0.2) is 0 Å². The maximum atomic E-state index is 5.79. The number of aryl methyl sites for hydroxylation is 1. The van der Waals surface area contributed by atoms with Crippen LogP contribution in [0.1, 0.15) is 26.3 Å². The Labute approximate surface area is 98.7 Å². The molecule has 0 unspecified atom stereocenters. The van der Waals surface area contributed by atoms with E-state index in [-0.39, 0.29) is 5.41 Å². The van der Waals surface area contributed by atoms with Crippen LogP contribution < -0.4 is 10.6 Å². The molecule has 0 saturated heterocycles. The Morgan fingerprint density at radius 3 is 2.62 bits per heavy atom. The minimum Gasteiger partial charge on any atom is -0.371 e. The van der Waals surface area contributed by atoms with Crippen molar-refractivity contribution in [1.29, 1.82) is 0 Å². The number of hydrogen-bond acceptors (Lipinski definition) is 3. The van der Waals surface area contributed by atoms with Crippen molar-refractivity contribution in [1.82, 2.24) is 4.98 Å². The molecule has 2 N–H and O–H groups in total. The summed E-state index contributed by atoms with van der Waals surface area (Å²) in [4.78, 5) is 6.49. The first-order chi connectivity index (χ1) is 7.50.